The molecule has 7 aromatic rings. The molecule has 9 rings (SSSR count). The maximum absolute atomic E-state index is 6.38. The average molecular weight is 555 g/mol. The van der Waals surface area contributed by atoms with Gasteiger partial charge in [0, 0.05) is 32.8 Å². The SMILES string of the molecule is CC12C=CC=CC1Oc1ccc(-c3ccc4oc5cccc(-c6nc(-c7ccccc7)c7ccccc7n6)c5c4c3)cc12. The maximum atomic E-state index is 6.38. The topological polar surface area (TPSA) is 48.2 Å². The van der Waals surface area contributed by atoms with Gasteiger partial charge in [0.15, 0.2) is 5.82 Å². The van der Waals surface area contributed by atoms with Gasteiger partial charge in [-0.15, -0.1) is 0 Å². The summed E-state index contributed by atoms with van der Waals surface area (Å²) in [5.74, 6) is 1.63. The van der Waals surface area contributed by atoms with Crippen LogP contribution < -0.4 is 4.74 Å². The van der Waals surface area contributed by atoms with E-state index in [9.17, 15) is 0 Å². The molecule has 2 aromatic heterocycles. The van der Waals surface area contributed by atoms with E-state index in [4.69, 9.17) is 19.1 Å². The highest BCUT2D eigenvalue weighted by molar-refractivity contribution is 6.13. The van der Waals surface area contributed by atoms with E-state index in [-0.39, 0.29) is 11.5 Å². The normalized spacial score (nSPS) is 18.7. The van der Waals surface area contributed by atoms with Crippen molar-refractivity contribution in [2.75, 3.05) is 0 Å². The highest BCUT2D eigenvalue weighted by atomic mass is 16.5. The Morgan fingerprint density at radius 1 is 0.674 bits per heavy atom. The largest absolute Gasteiger partial charge is 0.485 e. The van der Waals surface area contributed by atoms with Gasteiger partial charge in [0.25, 0.3) is 0 Å². The third-order valence-electron chi connectivity index (χ3n) is 8.96. The third-order valence-corrected chi connectivity index (χ3v) is 8.96. The van der Waals surface area contributed by atoms with Crippen LogP contribution in [0.1, 0.15) is 12.5 Å². The Labute approximate surface area is 248 Å². The van der Waals surface area contributed by atoms with Crippen LogP contribution in [0.3, 0.4) is 0 Å². The Balaban J connectivity index is 1.23. The predicted octanol–water partition coefficient (Wildman–Crippen LogP) is 9.67. The number of nitrogens with zero attached hydrogens (tertiary/aromatic N) is 2. The van der Waals surface area contributed by atoms with Gasteiger partial charge in [-0.25, -0.2) is 9.97 Å². The lowest BCUT2D eigenvalue weighted by molar-refractivity contribution is 0.228. The molecule has 5 aromatic carbocycles. The fraction of sp³-hybridized carbons (Fsp3) is 0.0769. The minimum absolute atomic E-state index is 0.0216. The van der Waals surface area contributed by atoms with Crippen molar-refractivity contribution in [3.05, 3.63) is 139 Å². The van der Waals surface area contributed by atoms with Crippen LogP contribution in [-0.2, 0) is 5.41 Å². The van der Waals surface area contributed by atoms with Gasteiger partial charge in [0.1, 0.15) is 23.0 Å². The van der Waals surface area contributed by atoms with Crippen LogP contribution in [0.15, 0.2) is 138 Å². The molecule has 0 fully saturated rings. The summed E-state index contributed by atoms with van der Waals surface area (Å²) in [6, 6.07) is 37.6. The number of furan rings is 1. The molecule has 3 heterocycles. The van der Waals surface area contributed by atoms with Crippen molar-refractivity contribution in [2.45, 2.75) is 18.4 Å². The van der Waals surface area contributed by atoms with Gasteiger partial charge in [-0.1, -0.05) is 91.0 Å². The molecule has 2 unspecified atom stereocenters. The number of para-hydroxylation sites is 1. The predicted molar refractivity (Wildman–Crippen MR) is 173 cm³/mol. The van der Waals surface area contributed by atoms with E-state index in [1.807, 2.05) is 42.5 Å². The number of hydrogen-bond donors (Lipinski definition) is 0. The molecule has 2 aliphatic rings. The first-order valence-electron chi connectivity index (χ1n) is 14.6. The quantitative estimate of drug-likeness (QED) is 0.218. The van der Waals surface area contributed by atoms with Crippen LogP contribution in [0.2, 0.25) is 0 Å². The van der Waals surface area contributed by atoms with Gasteiger partial charge in [-0.2, -0.15) is 0 Å². The van der Waals surface area contributed by atoms with Crippen LogP contribution in [0.4, 0.5) is 0 Å². The molecule has 1 aliphatic carbocycles. The summed E-state index contributed by atoms with van der Waals surface area (Å²) in [6.07, 6.45) is 8.60. The maximum Gasteiger partial charge on any atom is 0.161 e. The number of rotatable bonds is 3. The lowest BCUT2D eigenvalue weighted by atomic mass is 9.76. The molecular formula is C39H26N2O2. The van der Waals surface area contributed by atoms with Crippen molar-refractivity contribution in [1.82, 2.24) is 9.97 Å². The van der Waals surface area contributed by atoms with Crippen molar-refractivity contribution >= 4 is 32.8 Å². The molecule has 0 saturated carbocycles. The second-order valence-corrected chi connectivity index (χ2v) is 11.5. The van der Waals surface area contributed by atoms with E-state index in [1.54, 1.807) is 0 Å². The zero-order valence-electron chi connectivity index (χ0n) is 23.5. The van der Waals surface area contributed by atoms with E-state index in [0.717, 1.165) is 66.5 Å². The fourth-order valence-electron chi connectivity index (χ4n) is 6.70. The first kappa shape index (κ1) is 24.2. The van der Waals surface area contributed by atoms with Crippen LogP contribution in [0.25, 0.3) is 66.6 Å². The average Bonchev–Trinajstić information content (AvgIpc) is 3.58. The summed E-state index contributed by atoms with van der Waals surface area (Å²) in [7, 11) is 0. The van der Waals surface area contributed by atoms with Crippen LogP contribution >= 0.6 is 0 Å². The molecule has 1 aliphatic heterocycles. The Morgan fingerprint density at radius 2 is 1.51 bits per heavy atom. The number of aromatic nitrogens is 2. The van der Waals surface area contributed by atoms with Crippen molar-refractivity contribution in [3.8, 4) is 39.5 Å². The number of ether oxygens (including phenoxy) is 1. The van der Waals surface area contributed by atoms with Crippen LogP contribution in [0.5, 0.6) is 5.75 Å². The Hall–Kier alpha value is -5.48. The summed E-state index contributed by atoms with van der Waals surface area (Å²) in [4.78, 5) is 10.2. The van der Waals surface area contributed by atoms with Crippen molar-refractivity contribution in [1.29, 1.82) is 0 Å². The Bertz CT molecular complexity index is 2300. The minimum Gasteiger partial charge on any atom is -0.485 e. The zero-order valence-corrected chi connectivity index (χ0v) is 23.5. The molecular weight excluding hydrogens is 528 g/mol. The first-order chi connectivity index (χ1) is 21.2. The van der Waals surface area contributed by atoms with Gasteiger partial charge in [0.2, 0.25) is 0 Å². The number of hydrogen-bond acceptors (Lipinski definition) is 4. The Morgan fingerprint density at radius 3 is 2.44 bits per heavy atom. The van der Waals surface area contributed by atoms with E-state index in [2.05, 4.69) is 98.0 Å². The highest BCUT2D eigenvalue weighted by Gasteiger charge is 2.43. The summed E-state index contributed by atoms with van der Waals surface area (Å²) in [5, 5.41) is 3.09. The van der Waals surface area contributed by atoms with Crippen LogP contribution in [0, 0.1) is 0 Å². The third kappa shape index (κ3) is 3.63. The lowest BCUT2D eigenvalue weighted by Crippen LogP contribution is -2.32. The van der Waals surface area contributed by atoms with Gasteiger partial charge in [-0.05, 0) is 60.5 Å². The van der Waals surface area contributed by atoms with Gasteiger partial charge in [0.05, 0.1) is 16.6 Å². The molecule has 0 saturated heterocycles. The molecule has 4 nitrogen and oxygen atoms in total. The summed E-state index contributed by atoms with van der Waals surface area (Å²) in [5.41, 5.74) is 8.82. The summed E-state index contributed by atoms with van der Waals surface area (Å²) < 4.78 is 12.7. The van der Waals surface area contributed by atoms with Gasteiger partial charge < -0.3 is 9.15 Å². The van der Waals surface area contributed by atoms with Crippen molar-refractivity contribution < 1.29 is 9.15 Å². The lowest BCUT2D eigenvalue weighted by Gasteiger charge is -2.27. The highest BCUT2D eigenvalue weighted by Crippen LogP contribution is 2.47. The first-order valence-corrected chi connectivity index (χ1v) is 14.6. The number of fused-ring (bicyclic) bond motifs is 7. The van der Waals surface area contributed by atoms with E-state index < -0.39 is 0 Å². The smallest absolute Gasteiger partial charge is 0.161 e. The summed E-state index contributed by atoms with van der Waals surface area (Å²) in [6.45, 7) is 2.25. The van der Waals surface area contributed by atoms with Crippen LogP contribution in [-0.4, -0.2) is 16.1 Å². The molecule has 43 heavy (non-hydrogen) atoms. The van der Waals surface area contributed by atoms with E-state index in [0.29, 0.717) is 5.82 Å². The molecule has 0 amide bonds. The number of benzene rings is 5. The van der Waals surface area contributed by atoms with Gasteiger partial charge >= 0.3 is 0 Å². The molecule has 0 spiro atoms. The fourth-order valence-corrected chi connectivity index (χ4v) is 6.70. The number of allylic oxidation sites excluding steroid dienone is 2. The second-order valence-electron chi connectivity index (χ2n) is 11.5. The van der Waals surface area contributed by atoms with E-state index in [1.165, 1.54) is 5.56 Å². The van der Waals surface area contributed by atoms with Crippen molar-refractivity contribution in [3.63, 3.8) is 0 Å². The molecule has 0 bridgehead atoms. The molecule has 204 valence electrons. The Kier molecular flexibility index (Phi) is 5.06. The van der Waals surface area contributed by atoms with E-state index >= 15 is 0 Å². The zero-order chi connectivity index (χ0) is 28.5. The standard InChI is InChI=1S/C39H26N2O2/c1-39-21-8-7-16-35(39)43-33-20-18-26(23-30(33)39)25-17-19-32-29(22-25)36-28(13-9-15-34(36)42-32)38-40-31-14-6-5-12-27(31)37(41-38)24-10-3-2-4-11-24/h2-23,35H,1H3. The van der Waals surface area contributed by atoms with Crippen molar-refractivity contribution in [2.24, 2.45) is 0 Å². The van der Waals surface area contributed by atoms with Gasteiger partial charge in [-0.3, -0.25) is 0 Å². The summed E-state index contributed by atoms with van der Waals surface area (Å²) >= 11 is 0. The monoisotopic (exact) mass is 554 g/mol. The molecule has 0 N–H and O–H groups in total. The molecule has 0 radical (unpaired) electrons. The molecule has 4 heteroatoms. The minimum atomic E-state index is -0.177. The second kappa shape index (κ2) is 9.01. The molecule has 2 atom stereocenters.